The molecule has 3 aliphatic heterocycles. The van der Waals surface area contributed by atoms with Crippen molar-refractivity contribution in [1.82, 2.24) is 9.80 Å². The third-order valence-electron chi connectivity index (χ3n) is 5.32. The average molecular weight is 332 g/mol. The fraction of sp³-hybridized carbons (Fsp3) is 0.438. The summed E-state index contributed by atoms with van der Waals surface area (Å²) >= 11 is 0. The number of amides is 3. The maximum absolute atomic E-state index is 12.8. The van der Waals surface area contributed by atoms with Gasteiger partial charge in [0.25, 0.3) is 11.8 Å². The Hall–Kier alpha value is -2.02. The van der Waals surface area contributed by atoms with Crippen LogP contribution in [0.5, 0.6) is 0 Å². The van der Waals surface area contributed by atoms with E-state index in [2.05, 4.69) is 0 Å². The molecule has 0 spiro atoms. The lowest BCUT2D eigenvalue weighted by molar-refractivity contribution is -0.152. The summed E-state index contributed by atoms with van der Waals surface area (Å²) in [5, 5.41) is -0.602. The highest BCUT2D eigenvalue weighted by atomic mass is 32.2. The summed E-state index contributed by atoms with van der Waals surface area (Å²) in [7, 11) is -1.33. The summed E-state index contributed by atoms with van der Waals surface area (Å²) < 4.78 is 12.2. The number of fused-ring (bicyclic) bond motifs is 2. The van der Waals surface area contributed by atoms with Crippen LogP contribution in [0.2, 0.25) is 0 Å². The van der Waals surface area contributed by atoms with Crippen molar-refractivity contribution >= 4 is 28.5 Å². The van der Waals surface area contributed by atoms with Gasteiger partial charge in [-0.1, -0.05) is 12.1 Å². The van der Waals surface area contributed by atoms with Crippen LogP contribution in [0.3, 0.4) is 0 Å². The van der Waals surface area contributed by atoms with Crippen molar-refractivity contribution < 1.29 is 18.6 Å². The average Bonchev–Trinajstić information content (AvgIpc) is 2.85. The van der Waals surface area contributed by atoms with Gasteiger partial charge in [-0.25, -0.2) is 0 Å². The zero-order valence-electron chi connectivity index (χ0n) is 13.0. The molecule has 0 saturated carbocycles. The van der Waals surface area contributed by atoms with Gasteiger partial charge >= 0.3 is 0 Å². The van der Waals surface area contributed by atoms with Crippen LogP contribution in [0.4, 0.5) is 0 Å². The number of benzene rings is 1. The topological polar surface area (TPSA) is 74.8 Å². The minimum atomic E-state index is -1.33. The van der Waals surface area contributed by atoms with Crippen LogP contribution in [0.1, 0.15) is 41.5 Å². The molecule has 1 aromatic rings. The lowest BCUT2D eigenvalue weighted by Gasteiger charge is -2.46. The van der Waals surface area contributed by atoms with E-state index in [1.807, 2.05) is 20.8 Å². The molecule has 23 heavy (non-hydrogen) atoms. The number of hydrogen-bond donors (Lipinski definition) is 0. The van der Waals surface area contributed by atoms with E-state index < -0.39 is 38.8 Å². The molecule has 3 aliphatic rings. The van der Waals surface area contributed by atoms with Gasteiger partial charge in [0.05, 0.1) is 26.7 Å². The Morgan fingerprint density at radius 2 is 1.57 bits per heavy atom. The second-order valence-corrected chi connectivity index (χ2v) is 8.81. The zero-order valence-corrected chi connectivity index (χ0v) is 13.8. The molecule has 6 nitrogen and oxygen atoms in total. The second-order valence-electron chi connectivity index (χ2n) is 6.68. The molecule has 0 N–H and O–H groups in total. The van der Waals surface area contributed by atoms with Crippen LogP contribution in [-0.2, 0) is 15.6 Å². The van der Waals surface area contributed by atoms with Crippen LogP contribution < -0.4 is 0 Å². The molecule has 2 saturated heterocycles. The van der Waals surface area contributed by atoms with E-state index >= 15 is 0 Å². The first kappa shape index (κ1) is 14.6. The van der Waals surface area contributed by atoms with Crippen LogP contribution in [-0.4, -0.2) is 53.9 Å². The summed E-state index contributed by atoms with van der Waals surface area (Å²) in [6, 6.07) is 5.38. The van der Waals surface area contributed by atoms with Crippen LogP contribution in [0.25, 0.3) is 0 Å². The fourth-order valence-corrected chi connectivity index (χ4v) is 5.65. The number of carbonyl (C=O) groups excluding carboxylic acids is 3. The minimum Gasteiger partial charge on any atom is -0.319 e. The summed E-state index contributed by atoms with van der Waals surface area (Å²) in [6.45, 7) is 5.55. The first-order chi connectivity index (χ1) is 10.8. The molecule has 3 amide bonds. The van der Waals surface area contributed by atoms with Gasteiger partial charge in [-0.05, 0) is 32.9 Å². The van der Waals surface area contributed by atoms with Gasteiger partial charge < -0.3 is 4.90 Å². The molecule has 4 atom stereocenters. The van der Waals surface area contributed by atoms with Crippen LogP contribution in [0, 0.1) is 0 Å². The summed E-state index contributed by atoms with van der Waals surface area (Å²) in [6.07, 6.45) is 0. The van der Waals surface area contributed by atoms with Crippen LogP contribution in [0.15, 0.2) is 24.3 Å². The number of β-lactam (4-membered cyclic amide) rings is 1. The predicted molar refractivity (Wildman–Crippen MR) is 83.0 cm³/mol. The molecule has 1 aromatic carbocycles. The molecule has 0 aliphatic carbocycles. The Morgan fingerprint density at radius 3 is 2.09 bits per heavy atom. The smallest absolute Gasteiger partial charge is 0.262 e. The third kappa shape index (κ3) is 1.53. The van der Waals surface area contributed by atoms with Gasteiger partial charge in [-0.3, -0.25) is 23.5 Å². The molecule has 2 fully saturated rings. The normalized spacial score (nSPS) is 34.5. The van der Waals surface area contributed by atoms with Crippen molar-refractivity contribution in [2.45, 2.75) is 43.0 Å². The van der Waals surface area contributed by atoms with Crippen molar-refractivity contribution in [3.63, 3.8) is 0 Å². The van der Waals surface area contributed by atoms with Crippen molar-refractivity contribution in [2.24, 2.45) is 0 Å². The predicted octanol–water partition coefficient (Wildman–Crippen LogP) is 0.749. The molecule has 120 valence electrons. The van der Waals surface area contributed by atoms with Crippen molar-refractivity contribution in [3.8, 4) is 0 Å². The monoisotopic (exact) mass is 332 g/mol. The van der Waals surface area contributed by atoms with E-state index in [0.29, 0.717) is 11.1 Å². The van der Waals surface area contributed by atoms with Gasteiger partial charge in [0.1, 0.15) is 5.37 Å². The van der Waals surface area contributed by atoms with Crippen LogP contribution >= 0.6 is 0 Å². The van der Waals surface area contributed by atoms with Gasteiger partial charge in [0.15, 0.2) is 6.04 Å². The Morgan fingerprint density at radius 1 is 1.04 bits per heavy atom. The van der Waals surface area contributed by atoms with E-state index in [0.717, 1.165) is 4.90 Å². The molecule has 3 heterocycles. The highest BCUT2D eigenvalue weighted by molar-refractivity contribution is 7.87. The van der Waals surface area contributed by atoms with E-state index in [-0.39, 0.29) is 11.9 Å². The molecule has 0 aromatic heterocycles. The quantitative estimate of drug-likeness (QED) is 0.562. The summed E-state index contributed by atoms with van der Waals surface area (Å²) in [4.78, 5) is 40.2. The van der Waals surface area contributed by atoms with Gasteiger partial charge in [0, 0.05) is 6.04 Å². The second kappa shape index (κ2) is 4.29. The van der Waals surface area contributed by atoms with Crippen molar-refractivity contribution in [3.05, 3.63) is 35.4 Å². The van der Waals surface area contributed by atoms with E-state index in [4.69, 9.17) is 0 Å². The molecule has 3 unspecified atom stereocenters. The standard InChI is InChI=1S/C16H16N2O4S/c1-8-16(2,3)23(22)15-11(14(21)17(8)15)18-12(19)9-6-4-5-7-10(9)13(18)20/h4-8,11,15H,1-3H3/t8?,11?,15-,23?/m1/s1. The Labute approximate surface area is 135 Å². The lowest BCUT2D eigenvalue weighted by atomic mass is 9.96. The number of carbonyl (C=O) groups is 3. The summed E-state index contributed by atoms with van der Waals surface area (Å²) in [5.41, 5.74) is 0.611. The Kier molecular flexibility index (Phi) is 2.71. The lowest BCUT2D eigenvalue weighted by Crippen LogP contribution is -2.71. The maximum Gasteiger partial charge on any atom is 0.262 e. The van der Waals surface area contributed by atoms with Gasteiger partial charge in [0.2, 0.25) is 5.91 Å². The highest BCUT2D eigenvalue weighted by Crippen LogP contribution is 2.46. The van der Waals surface area contributed by atoms with Gasteiger partial charge in [-0.2, -0.15) is 0 Å². The Bertz CT molecular complexity index is 768. The number of rotatable bonds is 1. The Balaban J connectivity index is 1.74. The van der Waals surface area contributed by atoms with E-state index in [9.17, 15) is 18.6 Å². The first-order valence-electron chi connectivity index (χ1n) is 7.48. The van der Waals surface area contributed by atoms with Crippen molar-refractivity contribution in [1.29, 1.82) is 0 Å². The molecule has 0 bridgehead atoms. The first-order valence-corrected chi connectivity index (χ1v) is 8.69. The molecule has 0 radical (unpaired) electrons. The molecule has 4 rings (SSSR count). The third-order valence-corrected chi connectivity index (χ3v) is 7.62. The number of nitrogens with zero attached hydrogens (tertiary/aromatic N) is 2. The summed E-state index contributed by atoms with van der Waals surface area (Å²) in [5.74, 6) is -1.24. The SMILES string of the molecule is CC1N2C(=O)C(N3C(=O)c4ccccc4C3=O)[C@H]2S(=O)C1(C)C. The minimum absolute atomic E-state index is 0.188. The number of imide groups is 1. The van der Waals surface area contributed by atoms with Gasteiger partial charge in [-0.15, -0.1) is 0 Å². The van der Waals surface area contributed by atoms with E-state index in [1.165, 1.54) is 0 Å². The zero-order chi connectivity index (χ0) is 16.7. The molecular formula is C16H16N2O4S. The molecular weight excluding hydrogens is 316 g/mol. The fourth-order valence-electron chi connectivity index (χ4n) is 3.61. The maximum atomic E-state index is 12.8. The number of hydrogen-bond acceptors (Lipinski definition) is 4. The van der Waals surface area contributed by atoms with Crippen molar-refractivity contribution in [2.75, 3.05) is 0 Å². The van der Waals surface area contributed by atoms with E-state index in [1.54, 1.807) is 29.2 Å². The largest absolute Gasteiger partial charge is 0.319 e. The molecule has 7 heteroatoms. The highest BCUT2D eigenvalue weighted by Gasteiger charge is 2.67.